The number of carboxylic acid groups (broad SMARTS) is 1. The van der Waals surface area contributed by atoms with Crippen LogP contribution in [0.15, 0.2) is 75.6 Å². The second kappa shape index (κ2) is 21.4. The van der Waals surface area contributed by atoms with Crippen molar-refractivity contribution in [2.24, 2.45) is 17.6 Å². The fraction of sp³-hybridized carbons (Fsp3) is 0.574. The molecule has 4 saturated heterocycles. The van der Waals surface area contributed by atoms with Gasteiger partial charge in [-0.3, -0.25) is 4.90 Å². The summed E-state index contributed by atoms with van der Waals surface area (Å²) in [4.78, 5) is 51.1. The van der Waals surface area contributed by atoms with E-state index in [1.54, 1.807) is 60.7 Å². The molecule has 78 heavy (non-hydrogen) atoms. The molecule has 16 nitrogen and oxygen atoms in total. The smallest absolute Gasteiger partial charge is 0.408 e. The summed E-state index contributed by atoms with van der Waals surface area (Å²) < 4.78 is 136. The maximum Gasteiger partial charge on any atom is 0.408 e. The summed E-state index contributed by atoms with van der Waals surface area (Å²) in [7, 11) is 0. The molecular formula is C54H62F8N8O8. The van der Waals surface area contributed by atoms with Gasteiger partial charge in [0.05, 0.1) is 43.3 Å². The van der Waals surface area contributed by atoms with Crippen molar-refractivity contribution in [3.63, 3.8) is 0 Å². The number of urea groups is 2. The van der Waals surface area contributed by atoms with Crippen molar-refractivity contribution in [2.45, 2.75) is 130 Å². The Balaban J connectivity index is 0.000000182. The zero-order valence-electron chi connectivity index (χ0n) is 42.7. The number of amides is 5. The minimum absolute atomic E-state index is 0.000891. The average molecular weight is 1100 g/mol. The maximum atomic E-state index is 14.5. The van der Waals surface area contributed by atoms with Crippen molar-refractivity contribution in [2.75, 3.05) is 52.6 Å². The Morgan fingerprint density at radius 1 is 0.628 bits per heavy atom. The minimum Gasteiger partial charge on any atom is -0.465 e. The maximum absolute atomic E-state index is 14.5. The van der Waals surface area contributed by atoms with E-state index < -0.39 is 97.1 Å². The highest BCUT2D eigenvalue weighted by Gasteiger charge is 2.52. The Hall–Kier alpha value is -6.27. The molecule has 422 valence electrons. The lowest BCUT2D eigenvalue weighted by atomic mass is 9.80. The van der Waals surface area contributed by atoms with Crippen LogP contribution >= 0.6 is 0 Å². The van der Waals surface area contributed by atoms with E-state index in [1.807, 2.05) is 6.07 Å². The van der Waals surface area contributed by atoms with Gasteiger partial charge in [-0.1, -0.05) is 42.5 Å². The van der Waals surface area contributed by atoms with Gasteiger partial charge in [0.2, 0.25) is 23.6 Å². The lowest BCUT2D eigenvalue weighted by Gasteiger charge is -2.49. The summed E-state index contributed by atoms with van der Waals surface area (Å²) in [6.07, 6.45) is -0.337. The summed E-state index contributed by atoms with van der Waals surface area (Å²) in [5, 5.41) is 14.9. The Kier molecular flexibility index (Phi) is 15.1. The largest absolute Gasteiger partial charge is 0.465 e. The van der Waals surface area contributed by atoms with Gasteiger partial charge in [0, 0.05) is 58.7 Å². The van der Waals surface area contributed by atoms with Crippen LogP contribution < -0.4 is 16.4 Å². The summed E-state index contributed by atoms with van der Waals surface area (Å²) >= 11 is 0. The first-order valence-corrected chi connectivity index (χ1v) is 26.4. The van der Waals surface area contributed by atoms with Crippen molar-refractivity contribution >= 4 is 40.4 Å². The third kappa shape index (κ3) is 11.4. The molecule has 6 heterocycles. The van der Waals surface area contributed by atoms with Crippen LogP contribution in [0.4, 0.5) is 49.5 Å². The predicted molar refractivity (Wildman–Crippen MR) is 265 cm³/mol. The average Bonchev–Trinajstić information content (AvgIpc) is 4.20. The molecule has 6 aliphatic rings. The molecule has 3 aromatic carbocycles. The number of oxazole rings is 2. The van der Waals surface area contributed by atoms with Crippen molar-refractivity contribution in [3.05, 3.63) is 95.2 Å². The second-order valence-corrected chi connectivity index (χ2v) is 21.7. The first-order valence-electron chi connectivity index (χ1n) is 26.4. The third-order valence-corrected chi connectivity index (χ3v) is 16.6. The fourth-order valence-electron chi connectivity index (χ4n) is 12.3. The number of carbonyl (C=O) groups excluding carboxylic acids is 2. The molecule has 2 aromatic heterocycles. The number of halogens is 8. The van der Waals surface area contributed by atoms with Crippen LogP contribution in [0.5, 0.6) is 0 Å². The van der Waals surface area contributed by atoms with E-state index in [0.29, 0.717) is 72.2 Å². The summed E-state index contributed by atoms with van der Waals surface area (Å²) in [5.41, 5.74) is 7.86. The van der Waals surface area contributed by atoms with Crippen LogP contribution in [0.2, 0.25) is 0 Å². The summed E-state index contributed by atoms with van der Waals surface area (Å²) in [5.74, 6) is -11.9. The quantitative estimate of drug-likeness (QED) is 0.0917. The monoisotopic (exact) mass is 1100 g/mol. The molecule has 11 rings (SSSR count). The van der Waals surface area contributed by atoms with E-state index in [9.17, 15) is 54.6 Å². The number of nitrogens with zero attached hydrogens (tertiary/aromatic N) is 5. The van der Waals surface area contributed by atoms with Gasteiger partial charge in [-0.05, 0) is 104 Å². The summed E-state index contributed by atoms with van der Waals surface area (Å²) in [6.45, 7) is -1.68. The van der Waals surface area contributed by atoms with E-state index in [1.165, 1.54) is 14.7 Å². The number of alkyl halides is 8. The molecule has 5 amide bonds. The molecule has 0 radical (unpaired) electrons. The van der Waals surface area contributed by atoms with E-state index in [4.69, 9.17) is 29.0 Å². The van der Waals surface area contributed by atoms with Gasteiger partial charge in [-0.2, -0.15) is 0 Å². The Morgan fingerprint density at radius 2 is 1.06 bits per heavy atom. The normalized spacial score (nSPS) is 23.9. The van der Waals surface area contributed by atoms with Gasteiger partial charge in [0.15, 0.2) is 11.2 Å². The van der Waals surface area contributed by atoms with Crippen molar-refractivity contribution in [3.8, 4) is 0 Å². The Labute approximate surface area is 443 Å². The molecule has 24 heteroatoms. The molecule has 2 aliphatic carbocycles. The molecule has 6 fully saturated rings. The number of ether oxygens (including phenoxy) is 2. The van der Waals surface area contributed by atoms with Crippen LogP contribution in [-0.4, -0.2) is 124 Å². The molecule has 0 unspecified atom stereocenters. The molecule has 5 aromatic rings. The van der Waals surface area contributed by atoms with E-state index >= 15 is 0 Å². The van der Waals surface area contributed by atoms with E-state index in [0.717, 1.165) is 5.56 Å². The highest BCUT2D eigenvalue weighted by atomic mass is 19.3. The molecular weight excluding hydrogens is 1040 g/mol. The predicted octanol–water partition coefficient (Wildman–Crippen LogP) is 10.9. The molecule has 0 spiro atoms. The molecule has 2 saturated carbocycles. The third-order valence-electron chi connectivity index (χ3n) is 16.6. The van der Waals surface area contributed by atoms with Crippen molar-refractivity contribution in [1.82, 2.24) is 35.3 Å². The first kappa shape index (κ1) is 55.1. The van der Waals surface area contributed by atoms with Gasteiger partial charge in [-0.25, -0.2) is 59.5 Å². The van der Waals surface area contributed by atoms with Crippen molar-refractivity contribution < 1.29 is 72.9 Å². The standard InChI is InChI=1S/C31H34F4N4O5.C23H28F4N4O3/c32-30(33)10-8-21(9-11-30)25(38(28(41)42)17-20-4-2-1-3-5-20)26-37-23-16-22(6-7-24(23)44-26)29(12-14-43-15-13-29)39-19-31(34,35)18-36-27(39)40;24-22(25)5-3-14(4-6-22)18(28)19-30-16-11-15(1-2-17(16)34-19)21(7-9-33-10-8-21)31-13-23(26,27)12-29-20(31)32/h1-7,16,21,25H,8-15,17-19H2,(H,36,40)(H,41,42);1-2,11,14,18H,3-10,12-13,28H2,(H,29,32)/t25-;18-/m00/s1. The van der Waals surface area contributed by atoms with Gasteiger partial charge in [0.1, 0.15) is 17.1 Å². The molecule has 2 atom stereocenters. The molecule has 4 aliphatic heterocycles. The number of fused-ring (bicyclic) bond motifs is 2. The number of rotatable bonds is 11. The molecule has 5 N–H and O–H groups in total. The number of benzene rings is 3. The highest BCUT2D eigenvalue weighted by molar-refractivity contribution is 5.79. The van der Waals surface area contributed by atoms with Crippen LogP contribution in [0, 0.1) is 11.8 Å². The zero-order chi connectivity index (χ0) is 55.3. The van der Waals surface area contributed by atoms with Gasteiger partial charge in [0.25, 0.3) is 11.8 Å². The van der Waals surface area contributed by atoms with Crippen LogP contribution in [0.1, 0.15) is 118 Å². The Morgan fingerprint density at radius 3 is 1.53 bits per heavy atom. The number of aromatic nitrogens is 2. The summed E-state index contributed by atoms with van der Waals surface area (Å²) in [6, 6.07) is 16.5. The lowest BCUT2D eigenvalue weighted by molar-refractivity contribution is -0.0868. The number of carbonyl (C=O) groups is 3. The van der Waals surface area contributed by atoms with Gasteiger partial charge < -0.3 is 49.6 Å². The van der Waals surface area contributed by atoms with E-state index in [2.05, 4.69) is 15.6 Å². The Bertz CT molecular complexity index is 2950. The van der Waals surface area contributed by atoms with E-state index in [-0.39, 0.29) is 88.8 Å². The second-order valence-electron chi connectivity index (χ2n) is 21.7. The zero-order valence-corrected chi connectivity index (χ0v) is 42.7. The number of hydrogen-bond donors (Lipinski definition) is 4. The lowest BCUT2D eigenvalue weighted by Crippen LogP contribution is -2.64. The highest BCUT2D eigenvalue weighted by Crippen LogP contribution is 2.48. The topological polar surface area (TPSA) is 202 Å². The van der Waals surface area contributed by atoms with Crippen molar-refractivity contribution in [1.29, 1.82) is 0 Å². The number of nitrogens with one attached hydrogen (secondary N) is 2. The first-order chi connectivity index (χ1) is 37.0. The minimum atomic E-state index is -3.12. The van der Waals surface area contributed by atoms with Gasteiger partial charge in [-0.15, -0.1) is 0 Å². The van der Waals surface area contributed by atoms with Crippen LogP contribution in [-0.2, 0) is 27.1 Å². The number of hydrogen-bond acceptors (Lipinski definition) is 10. The fourth-order valence-corrected chi connectivity index (χ4v) is 12.3. The molecule has 0 bridgehead atoms. The number of nitrogens with two attached hydrogens (primary N) is 1. The van der Waals surface area contributed by atoms with Crippen LogP contribution in [0.3, 0.4) is 0 Å². The van der Waals surface area contributed by atoms with Crippen LogP contribution in [0.25, 0.3) is 22.2 Å². The SMILES string of the molecule is N[C@H](c1nc2cc(C3(N4CC(F)(F)CNC4=O)CCOCC3)ccc2o1)C1CCC(F)(F)CC1.O=C(O)N(Cc1ccccc1)[C@H](c1nc2cc(C3(N4CC(F)(F)CNC4=O)CCOCC3)ccc2o1)C1CCC(F)(F)CC1. The van der Waals surface area contributed by atoms with Gasteiger partial charge >= 0.3 is 18.2 Å².